The van der Waals surface area contributed by atoms with Gasteiger partial charge in [-0.05, 0) is 69.2 Å². The van der Waals surface area contributed by atoms with Gasteiger partial charge in [-0.3, -0.25) is 9.59 Å². The third-order valence-corrected chi connectivity index (χ3v) is 6.23. The summed E-state index contributed by atoms with van der Waals surface area (Å²) in [4.78, 5) is 23.6. The van der Waals surface area contributed by atoms with Crippen molar-refractivity contribution in [2.75, 3.05) is 0 Å². The number of carboxylic acids is 1. The molecule has 11 heteroatoms. The molecule has 1 aromatic carbocycles. The Morgan fingerprint density at radius 1 is 1.03 bits per heavy atom. The quantitative estimate of drug-likeness (QED) is 0.380. The van der Waals surface area contributed by atoms with Crippen molar-refractivity contribution in [1.29, 1.82) is 0 Å². The minimum absolute atomic E-state index is 0.0287. The van der Waals surface area contributed by atoms with E-state index in [1.807, 2.05) is 13.8 Å². The molecule has 0 saturated heterocycles. The lowest BCUT2D eigenvalue weighted by Crippen LogP contribution is -2.36. The van der Waals surface area contributed by atoms with Gasteiger partial charge >= 0.3 is 18.3 Å². The second-order valence-corrected chi connectivity index (χ2v) is 8.93. The summed E-state index contributed by atoms with van der Waals surface area (Å²) in [5.74, 6) is -2.05. The van der Waals surface area contributed by atoms with Gasteiger partial charge in [0.15, 0.2) is 0 Å². The summed E-state index contributed by atoms with van der Waals surface area (Å²) in [6.07, 6.45) is -6.42. The standard InChI is InChI=1S/C23H30F6N2O3/c1-3-15(21(33)34)5-4-13(2)31-19-7-6-16(10-19)20(32)30-12-14-8-17(22(24,25)26)11-18(9-14)23(27,28)29/h8-9,11,13,15-16,19,31H,3-7,10,12H2,1-2H3,(H,30,32)(H,33,34)/t13?,15?,16?,19-/m1/s1. The van der Waals surface area contributed by atoms with Crippen molar-refractivity contribution in [3.05, 3.63) is 34.9 Å². The van der Waals surface area contributed by atoms with Crippen LogP contribution in [0.5, 0.6) is 0 Å². The molecule has 0 spiro atoms. The van der Waals surface area contributed by atoms with Crippen molar-refractivity contribution in [3.8, 4) is 0 Å². The maximum Gasteiger partial charge on any atom is 0.416 e. The highest BCUT2D eigenvalue weighted by Crippen LogP contribution is 2.36. The normalized spacial score (nSPS) is 20.7. The van der Waals surface area contributed by atoms with Crippen LogP contribution in [0.1, 0.15) is 69.1 Å². The lowest BCUT2D eigenvalue weighted by Gasteiger charge is -2.21. The summed E-state index contributed by atoms with van der Waals surface area (Å²) in [5, 5.41) is 15.0. The smallest absolute Gasteiger partial charge is 0.416 e. The molecule has 1 aliphatic carbocycles. The molecule has 1 aliphatic rings. The predicted molar refractivity (Wildman–Crippen MR) is 113 cm³/mol. The van der Waals surface area contributed by atoms with E-state index in [-0.39, 0.29) is 23.7 Å². The summed E-state index contributed by atoms with van der Waals surface area (Å²) in [6, 6.07) is 1.35. The van der Waals surface area contributed by atoms with Gasteiger partial charge in [-0.1, -0.05) is 6.92 Å². The van der Waals surface area contributed by atoms with Crippen LogP contribution >= 0.6 is 0 Å². The number of benzene rings is 1. The number of alkyl halides is 6. The minimum atomic E-state index is -4.94. The van der Waals surface area contributed by atoms with Crippen LogP contribution in [-0.2, 0) is 28.5 Å². The Hall–Kier alpha value is -2.30. The second-order valence-electron chi connectivity index (χ2n) is 8.93. The molecule has 1 saturated carbocycles. The first kappa shape index (κ1) is 27.9. The molecule has 3 N–H and O–H groups in total. The predicted octanol–water partition coefficient (Wildman–Crippen LogP) is 5.38. The topological polar surface area (TPSA) is 78.4 Å². The molecule has 1 aromatic rings. The zero-order valence-electron chi connectivity index (χ0n) is 19.0. The Labute approximate surface area is 194 Å². The number of nitrogens with one attached hydrogen (secondary N) is 2. The molecule has 1 fully saturated rings. The zero-order chi connectivity index (χ0) is 25.7. The van der Waals surface area contributed by atoms with Gasteiger partial charge in [-0.15, -0.1) is 0 Å². The monoisotopic (exact) mass is 496 g/mol. The van der Waals surface area contributed by atoms with Gasteiger partial charge in [-0.2, -0.15) is 26.3 Å². The molecule has 4 atom stereocenters. The van der Waals surface area contributed by atoms with Crippen molar-refractivity contribution in [1.82, 2.24) is 10.6 Å². The summed E-state index contributed by atoms with van der Waals surface area (Å²) in [5.41, 5.74) is -3.11. The molecule has 0 aromatic heterocycles. The third kappa shape index (κ3) is 8.18. The average molecular weight is 496 g/mol. The molecule has 34 heavy (non-hydrogen) atoms. The van der Waals surface area contributed by atoms with Crippen molar-refractivity contribution >= 4 is 11.9 Å². The Kier molecular flexibility index (Phi) is 9.38. The lowest BCUT2D eigenvalue weighted by molar-refractivity contribution is -0.144. The molecule has 5 nitrogen and oxygen atoms in total. The van der Waals surface area contributed by atoms with E-state index in [0.717, 1.165) is 0 Å². The molecule has 0 radical (unpaired) electrons. The van der Waals surface area contributed by atoms with Crippen LogP contribution in [-0.4, -0.2) is 29.1 Å². The minimum Gasteiger partial charge on any atom is -0.481 e. The van der Waals surface area contributed by atoms with Crippen molar-refractivity contribution < 1.29 is 41.0 Å². The number of halogens is 6. The number of amides is 1. The number of hydrogen-bond acceptors (Lipinski definition) is 3. The third-order valence-electron chi connectivity index (χ3n) is 6.23. The van der Waals surface area contributed by atoms with E-state index in [1.165, 1.54) is 0 Å². The van der Waals surface area contributed by atoms with Crippen LogP contribution in [0.4, 0.5) is 26.3 Å². The maximum atomic E-state index is 13.0. The molecule has 192 valence electrons. The fourth-order valence-electron chi connectivity index (χ4n) is 4.27. The van der Waals surface area contributed by atoms with E-state index >= 15 is 0 Å². The molecule has 0 bridgehead atoms. The van der Waals surface area contributed by atoms with Crippen LogP contribution in [0, 0.1) is 11.8 Å². The average Bonchev–Trinajstić information content (AvgIpc) is 3.19. The van der Waals surface area contributed by atoms with Crippen LogP contribution in [0.2, 0.25) is 0 Å². The number of carboxylic acid groups (broad SMARTS) is 1. The van der Waals surface area contributed by atoms with Gasteiger partial charge in [0.05, 0.1) is 17.0 Å². The molecule has 0 heterocycles. The maximum absolute atomic E-state index is 13.0. The lowest BCUT2D eigenvalue weighted by atomic mass is 9.97. The molecule has 1 amide bonds. The Morgan fingerprint density at radius 3 is 2.12 bits per heavy atom. The van der Waals surface area contributed by atoms with Gasteiger partial charge in [0, 0.05) is 24.5 Å². The first-order valence-electron chi connectivity index (χ1n) is 11.3. The summed E-state index contributed by atoms with van der Waals surface area (Å²) >= 11 is 0. The highest BCUT2D eigenvalue weighted by Gasteiger charge is 2.37. The fraction of sp³-hybridized carbons (Fsp3) is 0.652. The van der Waals surface area contributed by atoms with E-state index in [4.69, 9.17) is 5.11 Å². The van der Waals surface area contributed by atoms with E-state index in [0.29, 0.717) is 50.7 Å². The van der Waals surface area contributed by atoms with Crippen molar-refractivity contribution in [3.63, 3.8) is 0 Å². The van der Waals surface area contributed by atoms with Crippen LogP contribution in [0.3, 0.4) is 0 Å². The summed E-state index contributed by atoms with van der Waals surface area (Å²) < 4.78 is 78.0. The second kappa shape index (κ2) is 11.4. The molecule has 0 aliphatic heterocycles. The number of carbonyl (C=O) groups excluding carboxylic acids is 1. The highest BCUT2D eigenvalue weighted by molar-refractivity contribution is 5.79. The molecular weight excluding hydrogens is 466 g/mol. The van der Waals surface area contributed by atoms with E-state index < -0.39 is 53.7 Å². The zero-order valence-corrected chi connectivity index (χ0v) is 19.0. The molecule has 2 rings (SSSR count). The number of carbonyl (C=O) groups is 2. The van der Waals surface area contributed by atoms with Crippen LogP contribution in [0.25, 0.3) is 0 Å². The SMILES string of the molecule is CCC(CCC(C)N[C@@H]1CCC(C(=O)NCc2cc(C(F)(F)F)cc(C(F)(F)F)c2)C1)C(=O)O. The first-order chi connectivity index (χ1) is 15.7. The molecular formula is C23H30F6N2O3. The van der Waals surface area contributed by atoms with Crippen molar-refractivity contribution in [2.24, 2.45) is 11.8 Å². The summed E-state index contributed by atoms with van der Waals surface area (Å²) in [7, 11) is 0. The van der Waals surface area contributed by atoms with Gasteiger partial charge < -0.3 is 15.7 Å². The van der Waals surface area contributed by atoms with E-state index in [9.17, 15) is 35.9 Å². The Balaban J connectivity index is 1.90. The van der Waals surface area contributed by atoms with Gasteiger partial charge in [0.1, 0.15) is 0 Å². The number of rotatable bonds is 10. The van der Waals surface area contributed by atoms with Crippen LogP contribution in [0.15, 0.2) is 18.2 Å². The highest BCUT2D eigenvalue weighted by atomic mass is 19.4. The summed E-state index contributed by atoms with van der Waals surface area (Å²) in [6.45, 7) is 3.32. The Morgan fingerprint density at radius 2 is 1.62 bits per heavy atom. The first-order valence-corrected chi connectivity index (χ1v) is 11.3. The van der Waals surface area contributed by atoms with E-state index in [2.05, 4.69) is 10.6 Å². The van der Waals surface area contributed by atoms with Crippen LogP contribution < -0.4 is 10.6 Å². The fourth-order valence-corrected chi connectivity index (χ4v) is 4.27. The van der Waals surface area contributed by atoms with Crippen molar-refractivity contribution in [2.45, 2.75) is 83.4 Å². The van der Waals surface area contributed by atoms with Gasteiger partial charge in [0.2, 0.25) is 5.91 Å². The largest absolute Gasteiger partial charge is 0.481 e. The number of hydrogen-bond donors (Lipinski definition) is 3. The molecule has 3 unspecified atom stereocenters. The van der Waals surface area contributed by atoms with Gasteiger partial charge in [-0.25, -0.2) is 0 Å². The van der Waals surface area contributed by atoms with E-state index in [1.54, 1.807) is 0 Å². The number of aliphatic carboxylic acids is 1. The van der Waals surface area contributed by atoms with Gasteiger partial charge in [0.25, 0.3) is 0 Å². The Bertz CT molecular complexity index is 824.